The van der Waals surface area contributed by atoms with Crippen LogP contribution in [-0.4, -0.2) is 84.1 Å². The predicted molar refractivity (Wildman–Crippen MR) is 234 cm³/mol. The van der Waals surface area contributed by atoms with Crippen molar-refractivity contribution in [2.75, 3.05) is 39.4 Å². The van der Waals surface area contributed by atoms with Gasteiger partial charge in [-0.1, -0.05) is 72.8 Å². The SMILES string of the molecule is COc1ccc(C(OC[C@]23CO[C@H]([C@H](n4ccc(NC(=O)c5ccccc5)nc4=O)O2)[C@@H]3OP(OCCC#N)N(C(C)C)C(C)C)(c2ccccc2)c2ccc(OC)cc2)cc1. The Kier molecular flexibility index (Phi) is 14.2. The van der Waals surface area contributed by atoms with Crippen molar-refractivity contribution >= 4 is 20.3 Å². The van der Waals surface area contributed by atoms with E-state index in [1.165, 1.54) is 10.8 Å². The number of nitrogens with zero attached hydrogens (tertiary/aromatic N) is 4. The second kappa shape index (κ2) is 19.7. The fourth-order valence-corrected chi connectivity index (χ4v) is 9.84. The number of carbonyl (C=O) groups excluding carboxylic acids is 1. The smallest absolute Gasteiger partial charge is 0.351 e. The van der Waals surface area contributed by atoms with Gasteiger partial charge in [-0.05, 0) is 86.8 Å². The standard InChI is InChI=1S/C47H52N5O9P/c1-32(2)52(33(3)4)62(59-29-13-27-48)61-42-41-44(51-28-26-40(50-45(51)54)49-43(53)34-14-9-7-10-15-34)60-46(42,30-57-41)31-58-47(35-16-11-8-12-17-35,36-18-22-38(55-5)23-19-36)37-20-24-39(56-6)25-21-37/h7-12,14-26,28,32-33,41-42,44H,13,29-31H2,1-6H3,(H,49,50,53,54)/t41-,42-,44+,46-,62?/m0/s1. The molecule has 1 N–H and O–H groups in total. The molecule has 0 saturated carbocycles. The summed E-state index contributed by atoms with van der Waals surface area (Å²) in [5.41, 5.74) is -0.286. The van der Waals surface area contributed by atoms with Gasteiger partial charge in [0.15, 0.2) is 6.23 Å². The number of hydrogen-bond donors (Lipinski definition) is 1. The highest BCUT2D eigenvalue weighted by Gasteiger charge is 2.65. The summed E-state index contributed by atoms with van der Waals surface area (Å²) in [4.78, 5) is 31.1. The lowest BCUT2D eigenvalue weighted by Crippen LogP contribution is -2.49. The summed E-state index contributed by atoms with van der Waals surface area (Å²) < 4.78 is 49.1. The second-order valence-corrected chi connectivity index (χ2v) is 16.9. The van der Waals surface area contributed by atoms with Crippen LogP contribution < -0.4 is 20.5 Å². The molecule has 2 aliphatic rings. The minimum atomic E-state index is -1.80. The number of benzene rings is 4. The molecule has 1 aromatic heterocycles. The molecule has 4 aromatic carbocycles. The topological polar surface area (TPSA) is 156 Å². The first-order valence-corrected chi connectivity index (χ1v) is 21.6. The van der Waals surface area contributed by atoms with E-state index in [1.54, 1.807) is 44.6 Å². The first-order valence-electron chi connectivity index (χ1n) is 20.5. The molecule has 1 amide bonds. The molecule has 2 bridgehead atoms. The molecule has 0 spiro atoms. The molecular formula is C47H52N5O9P. The second-order valence-electron chi connectivity index (χ2n) is 15.5. The highest BCUT2D eigenvalue weighted by atomic mass is 31.2. The monoisotopic (exact) mass is 861 g/mol. The van der Waals surface area contributed by atoms with Crippen LogP contribution in [0.3, 0.4) is 0 Å². The van der Waals surface area contributed by atoms with Gasteiger partial charge in [0.2, 0.25) is 0 Å². The number of amides is 1. The fourth-order valence-electron chi connectivity index (χ4n) is 8.03. The van der Waals surface area contributed by atoms with E-state index >= 15 is 0 Å². The van der Waals surface area contributed by atoms with Crippen LogP contribution in [0.2, 0.25) is 0 Å². The van der Waals surface area contributed by atoms with Gasteiger partial charge in [-0.2, -0.15) is 10.2 Å². The van der Waals surface area contributed by atoms with Gasteiger partial charge in [-0.25, -0.2) is 9.46 Å². The predicted octanol–water partition coefficient (Wildman–Crippen LogP) is 7.85. The first-order chi connectivity index (χ1) is 30.0. The third-order valence-electron chi connectivity index (χ3n) is 10.9. The number of carbonyl (C=O) groups is 1. The Morgan fingerprint density at radius 1 is 0.903 bits per heavy atom. The number of nitrogens with one attached hydrogen (secondary N) is 1. The van der Waals surface area contributed by atoms with Gasteiger partial charge in [0.1, 0.15) is 40.7 Å². The van der Waals surface area contributed by atoms with Gasteiger partial charge >= 0.3 is 5.69 Å². The number of rotatable bonds is 19. The Morgan fingerprint density at radius 2 is 1.48 bits per heavy atom. The van der Waals surface area contributed by atoms with Crippen LogP contribution >= 0.6 is 8.53 Å². The maximum absolute atomic E-state index is 13.9. The quantitative estimate of drug-likeness (QED) is 0.0488. The number of aromatic nitrogens is 2. The Hall–Kier alpha value is -5.49. The Balaban J connectivity index is 1.31. The molecule has 3 heterocycles. The van der Waals surface area contributed by atoms with E-state index < -0.39 is 49.8 Å². The van der Waals surface area contributed by atoms with E-state index in [9.17, 15) is 14.9 Å². The van der Waals surface area contributed by atoms with Crippen molar-refractivity contribution in [3.8, 4) is 17.6 Å². The number of anilines is 1. The molecule has 62 heavy (non-hydrogen) atoms. The van der Waals surface area contributed by atoms with Crippen LogP contribution in [-0.2, 0) is 28.9 Å². The van der Waals surface area contributed by atoms with Crippen LogP contribution in [0.1, 0.15) is 67.4 Å². The van der Waals surface area contributed by atoms with Crippen LogP contribution in [0.4, 0.5) is 5.82 Å². The van der Waals surface area contributed by atoms with Gasteiger partial charge < -0.3 is 38.0 Å². The lowest BCUT2D eigenvalue weighted by atomic mass is 9.79. The summed E-state index contributed by atoms with van der Waals surface area (Å²) in [5.74, 6) is 1.04. The third-order valence-corrected chi connectivity index (χ3v) is 13.0. The van der Waals surface area contributed by atoms with Crippen LogP contribution in [0.15, 0.2) is 126 Å². The molecule has 0 radical (unpaired) electrons. The van der Waals surface area contributed by atoms with Gasteiger partial charge in [-0.3, -0.25) is 9.36 Å². The molecule has 2 saturated heterocycles. The molecule has 1 unspecified atom stereocenters. The minimum absolute atomic E-state index is 0.00780. The maximum atomic E-state index is 13.9. The zero-order valence-corrected chi connectivity index (χ0v) is 36.6. The molecule has 2 aliphatic heterocycles. The lowest BCUT2D eigenvalue weighted by Gasteiger charge is -2.41. The molecule has 0 aliphatic carbocycles. The zero-order valence-electron chi connectivity index (χ0n) is 35.7. The summed E-state index contributed by atoms with van der Waals surface area (Å²) in [6, 6.07) is 37.8. The summed E-state index contributed by atoms with van der Waals surface area (Å²) >= 11 is 0. The van der Waals surface area contributed by atoms with E-state index in [4.69, 9.17) is 32.7 Å². The fraction of sp³-hybridized carbons (Fsp3) is 0.362. The van der Waals surface area contributed by atoms with Crippen molar-refractivity contribution in [2.24, 2.45) is 0 Å². The van der Waals surface area contributed by atoms with E-state index in [1.807, 2.05) is 84.9 Å². The summed E-state index contributed by atoms with van der Waals surface area (Å²) in [6.45, 7) is 8.38. The molecule has 7 rings (SSSR count). The summed E-state index contributed by atoms with van der Waals surface area (Å²) in [5, 5.41) is 12.2. The molecule has 5 atom stereocenters. The van der Waals surface area contributed by atoms with Gasteiger partial charge in [0.05, 0.1) is 46.5 Å². The van der Waals surface area contributed by atoms with Crippen LogP contribution in [0.5, 0.6) is 11.5 Å². The van der Waals surface area contributed by atoms with E-state index in [-0.39, 0.29) is 44.1 Å². The van der Waals surface area contributed by atoms with Crippen LogP contribution in [0, 0.1) is 11.3 Å². The number of fused-ring (bicyclic) bond motifs is 2. The summed E-state index contributed by atoms with van der Waals surface area (Å²) in [7, 11) is 1.45. The molecule has 14 nitrogen and oxygen atoms in total. The molecule has 15 heteroatoms. The highest BCUT2D eigenvalue weighted by molar-refractivity contribution is 7.44. The third kappa shape index (κ3) is 9.16. The van der Waals surface area contributed by atoms with E-state index in [0.29, 0.717) is 17.1 Å². The van der Waals surface area contributed by atoms with E-state index in [2.05, 4.69) is 48.7 Å². The van der Waals surface area contributed by atoms with Crippen molar-refractivity contribution in [3.05, 3.63) is 154 Å². The van der Waals surface area contributed by atoms with Gasteiger partial charge in [-0.15, -0.1) is 0 Å². The first kappa shape index (κ1) is 44.6. The molecular weight excluding hydrogens is 810 g/mol. The molecule has 2 fully saturated rings. The molecule has 324 valence electrons. The van der Waals surface area contributed by atoms with Crippen LogP contribution in [0.25, 0.3) is 0 Å². The molecule has 5 aromatic rings. The van der Waals surface area contributed by atoms with Crippen molar-refractivity contribution in [1.82, 2.24) is 14.2 Å². The largest absolute Gasteiger partial charge is 0.497 e. The lowest BCUT2D eigenvalue weighted by molar-refractivity contribution is -0.203. The zero-order chi connectivity index (χ0) is 43.9. The number of nitriles is 1. The van der Waals surface area contributed by atoms with Gasteiger partial charge in [0, 0.05) is 23.8 Å². The normalized spacial score (nSPS) is 20.0. The van der Waals surface area contributed by atoms with Crippen molar-refractivity contribution in [1.29, 1.82) is 5.26 Å². The minimum Gasteiger partial charge on any atom is -0.497 e. The Bertz CT molecular complexity index is 2310. The average molecular weight is 862 g/mol. The van der Waals surface area contributed by atoms with Crippen molar-refractivity contribution < 1.29 is 37.5 Å². The highest BCUT2D eigenvalue weighted by Crippen LogP contribution is 2.56. The summed E-state index contributed by atoms with van der Waals surface area (Å²) in [6.07, 6.45) is -0.958. The maximum Gasteiger partial charge on any atom is 0.351 e. The number of methoxy groups -OCH3 is 2. The Morgan fingerprint density at radius 3 is 2.03 bits per heavy atom. The number of ether oxygens (including phenoxy) is 5. The van der Waals surface area contributed by atoms with Crippen molar-refractivity contribution in [3.63, 3.8) is 0 Å². The van der Waals surface area contributed by atoms with E-state index in [0.717, 1.165) is 16.7 Å². The van der Waals surface area contributed by atoms with Crippen molar-refractivity contribution in [2.45, 2.75) is 75.8 Å². The average Bonchev–Trinajstić information content (AvgIpc) is 3.78. The Labute approximate surface area is 363 Å². The van der Waals surface area contributed by atoms with Gasteiger partial charge in [0.25, 0.3) is 14.4 Å². The number of hydrogen-bond acceptors (Lipinski definition) is 12.